The van der Waals surface area contributed by atoms with Crippen molar-refractivity contribution < 1.29 is 13.2 Å². The number of rotatable bonds is 5. The van der Waals surface area contributed by atoms with Gasteiger partial charge in [-0.15, -0.1) is 0 Å². The molecular weight excluding hydrogens is 450 g/mol. The van der Waals surface area contributed by atoms with E-state index < -0.39 is 17.9 Å². The smallest absolute Gasteiger partial charge is 0.266 e. The van der Waals surface area contributed by atoms with Gasteiger partial charge in [-0.25, -0.2) is 17.7 Å². The van der Waals surface area contributed by atoms with Gasteiger partial charge < -0.3 is 0 Å². The molecule has 0 spiro atoms. The Hall–Kier alpha value is -1.93. The van der Waals surface area contributed by atoms with Crippen molar-refractivity contribution in [1.29, 1.82) is 5.26 Å². The summed E-state index contributed by atoms with van der Waals surface area (Å²) < 4.78 is 44.7. The van der Waals surface area contributed by atoms with Gasteiger partial charge in [-0.3, -0.25) is 4.79 Å². The zero-order valence-electron chi connectivity index (χ0n) is 14.7. The third kappa shape index (κ3) is 4.80. The number of aromatic nitrogens is 2. The number of hydrogen-bond donors (Lipinski definition) is 0. The van der Waals surface area contributed by atoms with E-state index in [1.165, 1.54) is 16.9 Å². The lowest BCUT2D eigenvalue weighted by Crippen LogP contribution is -2.38. The summed E-state index contributed by atoms with van der Waals surface area (Å²) in [7, 11) is 0. The van der Waals surface area contributed by atoms with E-state index in [4.69, 9.17) is 28.5 Å². The maximum absolute atomic E-state index is 14.2. The topological polar surface area (TPSA) is 65.2 Å². The Morgan fingerprint density at radius 3 is 2.59 bits per heavy atom. The van der Waals surface area contributed by atoms with Gasteiger partial charge in [0, 0.05) is 25.2 Å². The first-order valence-electron chi connectivity index (χ1n) is 8.44. The highest BCUT2D eigenvalue weighted by molar-refractivity contribution is 7.98. The SMILES string of the molecule is N#Cc1ccc(N(SN2CCC(n3ncc(Cl)c(Cl)c3=O)CC2)C(F)F)c(F)c1. The number of hydrogen-bond acceptors (Lipinski definition) is 6. The standard InChI is InChI=1S/C17H14Cl2F3N5OS/c18-12-9-24-26(16(28)15(12)19)11-3-5-25(6-4-11)29-27(17(21)22)14-2-1-10(8-23)7-13(14)20/h1-2,7,9,11,17H,3-6H2. The molecule has 0 radical (unpaired) electrons. The van der Waals surface area contributed by atoms with E-state index in [0.717, 1.165) is 12.1 Å². The first-order chi connectivity index (χ1) is 13.8. The van der Waals surface area contributed by atoms with Crippen molar-refractivity contribution in [1.82, 2.24) is 14.1 Å². The van der Waals surface area contributed by atoms with Crippen LogP contribution in [-0.4, -0.2) is 33.7 Å². The molecule has 1 aliphatic rings. The number of benzene rings is 1. The number of nitriles is 1. The summed E-state index contributed by atoms with van der Waals surface area (Å²) in [6, 6.07) is 4.86. The van der Waals surface area contributed by atoms with Crippen molar-refractivity contribution in [3.05, 3.63) is 56.2 Å². The van der Waals surface area contributed by atoms with Crippen LogP contribution in [0, 0.1) is 17.1 Å². The molecule has 0 saturated carbocycles. The summed E-state index contributed by atoms with van der Waals surface area (Å²) in [6.45, 7) is -2.23. The summed E-state index contributed by atoms with van der Waals surface area (Å²) in [5, 5.41) is 12.8. The lowest BCUT2D eigenvalue weighted by atomic mass is 10.1. The summed E-state index contributed by atoms with van der Waals surface area (Å²) in [4.78, 5) is 12.2. The third-order valence-electron chi connectivity index (χ3n) is 4.37. The van der Waals surface area contributed by atoms with Gasteiger partial charge in [0.2, 0.25) is 0 Å². The van der Waals surface area contributed by atoms with E-state index in [1.807, 2.05) is 0 Å². The Bertz CT molecular complexity index is 992. The molecule has 12 heteroatoms. The number of nitrogens with zero attached hydrogens (tertiary/aromatic N) is 5. The Morgan fingerprint density at radius 1 is 1.31 bits per heavy atom. The van der Waals surface area contributed by atoms with E-state index in [2.05, 4.69) is 5.10 Å². The minimum atomic E-state index is -2.96. The summed E-state index contributed by atoms with van der Waals surface area (Å²) >= 11 is 12.4. The molecule has 1 aromatic carbocycles. The van der Waals surface area contributed by atoms with Gasteiger partial charge in [0.15, 0.2) is 0 Å². The second-order valence-electron chi connectivity index (χ2n) is 6.18. The molecule has 154 valence electrons. The van der Waals surface area contributed by atoms with Crippen molar-refractivity contribution in [3.63, 3.8) is 0 Å². The molecule has 0 unspecified atom stereocenters. The fourth-order valence-electron chi connectivity index (χ4n) is 2.92. The molecule has 1 aromatic heterocycles. The van der Waals surface area contributed by atoms with Crippen LogP contribution in [0.5, 0.6) is 0 Å². The first-order valence-corrected chi connectivity index (χ1v) is 9.93. The van der Waals surface area contributed by atoms with E-state index >= 15 is 0 Å². The van der Waals surface area contributed by atoms with Crippen molar-refractivity contribution in [2.45, 2.75) is 25.4 Å². The number of halogens is 5. The van der Waals surface area contributed by atoms with Gasteiger partial charge in [0.25, 0.3) is 5.56 Å². The molecule has 29 heavy (non-hydrogen) atoms. The Balaban J connectivity index is 1.70. The third-order valence-corrected chi connectivity index (χ3v) is 6.24. The molecule has 6 nitrogen and oxygen atoms in total. The van der Waals surface area contributed by atoms with Crippen LogP contribution < -0.4 is 9.86 Å². The largest absolute Gasteiger partial charge is 0.325 e. The van der Waals surface area contributed by atoms with Crippen LogP contribution in [0.15, 0.2) is 29.2 Å². The van der Waals surface area contributed by atoms with Crippen LogP contribution in [0.2, 0.25) is 10.0 Å². The highest BCUT2D eigenvalue weighted by Gasteiger charge is 2.29. The highest BCUT2D eigenvalue weighted by atomic mass is 35.5. The fraction of sp³-hybridized carbons (Fsp3) is 0.353. The molecule has 0 N–H and O–H groups in total. The van der Waals surface area contributed by atoms with Crippen LogP contribution >= 0.6 is 35.3 Å². The molecule has 3 rings (SSSR count). The van der Waals surface area contributed by atoms with Crippen molar-refractivity contribution in [2.24, 2.45) is 0 Å². The van der Waals surface area contributed by atoms with Crippen molar-refractivity contribution in [3.8, 4) is 6.07 Å². The second kappa shape index (κ2) is 9.26. The molecule has 1 aliphatic heterocycles. The van der Waals surface area contributed by atoms with Crippen molar-refractivity contribution >= 4 is 41.0 Å². The zero-order valence-corrected chi connectivity index (χ0v) is 17.1. The fourth-order valence-corrected chi connectivity index (χ4v) is 4.11. The highest BCUT2D eigenvalue weighted by Crippen LogP contribution is 2.34. The van der Waals surface area contributed by atoms with Crippen LogP contribution in [0.4, 0.5) is 18.9 Å². The summed E-state index contributed by atoms with van der Waals surface area (Å²) in [5.41, 5.74) is -0.765. The summed E-state index contributed by atoms with van der Waals surface area (Å²) in [5.74, 6) is -0.904. The van der Waals surface area contributed by atoms with Gasteiger partial charge in [0.05, 0.1) is 34.6 Å². The maximum atomic E-state index is 14.2. The molecule has 1 fully saturated rings. The quantitative estimate of drug-likeness (QED) is 0.480. The molecule has 0 amide bonds. The van der Waals surface area contributed by atoms with E-state index in [-0.39, 0.29) is 27.3 Å². The molecule has 0 aliphatic carbocycles. The molecule has 0 atom stereocenters. The minimum absolute atomic E-state index is 0.0471. The maximum Gasteiger partial charge on any atom is 0.325 e. The van der Waals surface area contributed by atoms with Gasteiger partial charge in [-0.1, -0.05) is 23.2 Å². The molecule has 2 aromatic rings. The molecule has 1 saturated heterocycles. The molecule has 2 heterocycles. The molecular formula is C17H14Cl2F3N5OS. The van der Waals surface area contributed by atoms with Crippen LogP contribution in [0.3, 0.4) is 0 Å². The van der Waals surface area contributed by atoms with E-state index in [9.17, 15) is 18.0 Å². The average molecular weight is 464 g/mol. The lowest BCUT2D eigenvalue weighted by Gasteiger charge is -2.34. The van der Waals surface area contributed by atoms with Crippen LogP contribution in [0.25, 0.3) is 0 Å². The lowest BCUT2D eigenvalue weighted by molar-refractivity contribution is 0.162. The van der Waals surface area contributed by atoms with Gasteiger partial charge in [-0.05, 0) is 31.0 Å². The number of alkyl halides is 2. The Labute approximate surface area is 178 Å². The van der Waals surface area contributed by atoms with E-state index in [1.54, 1.807) is 10.4 Å². The first kappa shape index (κ1) is 21.8. The normalized spacial score (nSPS) is 15.5. The predicted octanol–water partition coefficient (Wildman–Crippen LogP) is 4.49. The predicted molar refractivity (Wildman–Crippen MR) is 106 cm³/mol. The zero-order chi connectivity index (χ0) is 21.1. The van der Waals surface area contributed by atoms with Crippen LogP contribution in [-0.2, 0) is 0 Å². The van der Waals surface area contributed by atoms with Gasteiger partial charge >= 0.3 is 6.55 Å². The second-order valence-corrected chi connectivity index (χ2v) is 8.04. The summed E-state index contributed by atoms with van der Waals surface area (Å²) in [6.07, 6.45) is 2.22. The molecule has 0 bridgehead atoms. The number of anilines is 1. The van der Waals surface area contributed by atoms with Gasteiger partial charge in [-0.2, -0.15) is 19.1 Å². The Morgan fingerprint density at radius 2 is 2.00 bits per heavy atom. The van der Waals surface area contributed by atoms with Crippen LogP contribution in [0.1, 0.15) is 24.4 Å². The van der Waals surface area contributed by atoms with E-state index in [0.29, 0.717) is 42.4 Å². The monoisotopic (exact) mass is 463 g/mol. The van der Waals surface area contributed by atoms with Gasteiger partial charge in [0.1, 0.15) is 10.8 Å². The van der Waals surface area contributed by atoms with Crippen molar-refractivity contribution in [2.75, 3.05) is 17.4 Å². The minimum Gasteiger partial charge on any atom is -0.266 e. The Kier molecular flexibility index (Phi) is 6.95. The average Bonchev–Trinajstić information content (AvgIpc) is 2.71. The number of piperidine rings is 1.